The molecule has 1 aliphatic rings. The summed E-state index contributed by atoms with van der Waals surface area (Å²) in [5.41, 5.74) is 9.49. The van der Waals surface area contributed by atoms with Gasteiger partial charge in [0.2, 0.25) is 0 Å². The summed E-state index contributed by atoms with van der Waals surface area (Å²) in [6.45, 7) is 1.42. The van der Waals surface area contributed by atoms with Crippen LogP contribution in [0.1, 0.15) is 35.6 Å². The summed E-state index contributed by atoms with van der Waals surface area (Å²) in [4.78, 5) is 10.5. The minimum absolute atomic E-state index is 0.112. The summed E-state index contributed by atoms with van der Waals surface area (Å²) >= 11 is 0. The molecule has 0 spiro atoms. The highest BCUT2D eigenvalue weighted by Gasteiger charge is 2.13. The fourth-order valence-electron chi connectivity index (χ4n) is 2.06. The van der Waals surface area contributed by atoms with Crippen molar-refractivity contribution in [3.8, 4) is 0 Å². The van der Waals surface area contributed by atoms with Crippen LogP contribution in [-0.4, -0.2) is 17.7 Å². The fraction of sp³-hybridized carbons (Fsp3) is 0.462. The monoisotopic (exact) mass is 235 g/mol. The van der Waals surface area contributed by atoms with E-state index in [-0.39, 0.29) is 12.5 Å². The Labute approximate surface area is 100 Å². The maximum absolute atomic E-state index is 10.5. The van der Waals surface area contributed by atoms with Crippen LogP contribution in [0.3, 0.4) is 0 Å². The second-order valence-electron chi connectivity index (χ2n) is 4.37. The molecular weight excluding hydrogens is 218 g/mol. The Bertz CT molecular complexity index is 417. The summed E-state index contributed by atoms with van der Waals surface area (Å²) in [6, 6.07) is 5.90. The molecule has 0 saturated carbocycles. The topological polar surface area (TPSA) is 72.6 Å². The van der Waals surface area contributed by atoms with Crippen molar-refractivity contribution in [1.82, 2.24) is 0 Å². The van der Waals surface area contributed by atoms with E-state index in [9.17, 15) is 4.79 Å². The molecule has 17 heavy (non-hydrogen) atoms. The third-order valence-electron chi connectivity index (χ3n) is 3.10. The number of ether oxygens (including phenoxy) is 1. The van der Waals surface area contributed by atoms with Crippen molar-refractivity contribution in [2.75, 3.05) is 6.61 Å². The average Bonchev–Trinajstić information content (AvgIpc) is 2.35. The Morgan fingerprint density at radius 1 is 1.47 bits per heavy atom. The first-order valence-corrected chi connectivity index (χ1v) is 5.83. The van der Waals surface area contributed by atoms with Crippen molar-refractivity contribution in [3.63, 3.8) is 0 Å². The molecule has 0 amide bonds. The lowest BCUT2D eigenvalue weighted by atomic mass is 9.95. The smallest absolute Gasteiger partial charge is 0.303 e. The van der Waals surface area contributed by atoms with Gasteiger partial charge in [-0.05, 0) is 29.5 Å². The van der Waals surface area contributed by atoms with Crippen LogP contribution in [0.15, 0.2) is 18.2 Å². The van der Waals surface area contributed by atoms with E-state index in [1.165, 1.54) is 11.1 Å². The number of fused-ring (bicyclic) bond motifs is 1. The second kappa shape index (κ2) is 5.29. The standard InChI is InChI=1S/C13H17NO3/c14-12(3-4-13(15)16)10-1-2-11-8-17-6-5-9(11)7-10/h1-2,7,12H,3-6,8,14H2,(H,15,16). The largest absolute Gasteiger partial charge is 0.481 e. The van der Waals surface area contributed by atoms with Gasteiger partial charge >= 0.3 is 5.97 Å². The molecule has 1 aliphatic heterocycles. The van der Waals surface area contributed by atoms with Crippen LogP contribution < -0.4 is 5.73 Å². The Kier molecular flexibility index (Phi) is 3.76. The van der Waals surface area contributed by atoms with Gasteiger partial charge in [-0.1, -0.05) is 18.2 Å². The third-order valence-corrected chi connectivity index (χ3v) is 3.10. The van der Waals surface area contributed by atoms with Gasteiger partial charge in [0, 0.05) is 12.5 Å². The van der Waals surface area contributed by atoms with Crippen LogP contribution >= 0.6 is 0 Å². The van der Waals surface area contributed by atoms with Crippen molar-refractivity contribution >= 4 is 5.97 Å². The van der Waals surface area contributed by atoms with Crippen LogP contribution in [0.2, 0.25) is 0 Å². The minimum Gasteiger partial charge on any atom is -0.481 e. The maximum atomic E-state index is 10.5. The van der Waals surface area contributed by atoms with Gasteiger partial charge in [0.25, 0.3) is 0 Å². The zero-order valence-corrected chi connectivity index (χ0v) is 9.69. The maximum Gasteiger partial charge on any atom is 0.303 e. The third kappa shape index (κ3) is 3.05. The van der Waals surface area contributed by atoms with E-state index in [0.29, 0.717) is 13.0 Å². The number of carbonyl (C=O) groups is 1. The predicted octanol–water partition coefficient (Wildman–Crippen LogP) is 1.62. The van der Waals surface area contributed by atoms with Gasteiger partial charge in [-0.2, -0.15) is 0 Å². The summed E-state index contributed by atoms with van der Waals surface area (Å²) < 4.78 is 5.37. The molecule has 4 nitrogen and oxygen atoms in total. The Morgan fingerprint density at radius 3 is 3.06 bits per heavy atom. The van der Waals surface area contributed by atoms with Gasteiger partial charge in [-0.25, -0.2) is 0 Å². The molecular formula is C13H17NO3. The van der Waals surface area contributed by atoms with Crippen LogP contribution in [0, 0.1) is 0 Å². The first kappa shape index (κ1) is 12.1. The Morgan fingerprint density at radius 2 is 2.29 bits per heavy atom. The van der Waals surface area contributed by atoms with Gasteiger partial charge in [0.15, 0.2) is 0 Å². The zero-order chi connectivity index (χ0) is 12.3. The number of carboxylic acid groups (broad SMARTS) is 1. The van der Waals surface area contributed by atoms with Crippen LogP contribution in [0.4, 0.5) is 0 Å². The van der Waals surface area contributed by atoms with Crippen molar-refractivity contribution in [3.05, 3.63) is 34.9 Å². The summed E-state index contributed by atoms with van der Waals surface area (Å²) in [6.07, 6.45) is 1.50. The number of rotatable bonds is 4. The molecule has 1 aromatic carbocycles. The van der Waals surface area contributed by atoms with Gasteiger partial charge in [-0.15, -0.1) is 0 Å². The Balaban J connectivity index is 2.08. The summed E-state index contributed by atoms with van der Waals surface area (Å²) in [5.74, 6) is -0.799. The van der Waals surface area contributed by atoms with E-state index in [4.69, 9.17) is 15.6 Å². The van der Waals surface area contributed by atoms with Gasteiger partial charge in [-0.3, -0.25) is 4.79 Å². The van der Waals surface area contributed by atoms with Gasteiger partial charge in [0.05, 0.1) is 13.2 Å². The quantitative estimate of drug-likeness (QED) is 0.831. The molecule has 92 valence electrons. The molecule has 0 bridgehead atoms. The highest BCUT2D eigenvalue weighted by Crippen LogP contribution is 2.23. The van der Waals surface area contributed by atoms with E-state index in [0.717, 1.165) is 18.6 Å². The lowest BCUT2D eigenvalue weighted by Gasteiger charge is -2.19. The molecule has 0 fully saturated rings. The molecule has 1 unspecified atom stereocenters. The van der Waals surface area contributed by atoms with Crippen molar-refractivity contribution < 1.29 is 14.6 Å². The van der Waals surface area contributed by atoms with Crippen LogP contribution in [-0.2, 0) is 22.6 Å². The van der Waals surface area contributed by atoms with Crippen LogP contribution in [0.5, 0.6) is 0 Å². The number of benzene rings is 1. The normalized spacial score (nSPS) is 16.3. The SMILES string of the molecule is NC(CCC(=O)O)c1ccc2c(c1)CCOC2. The molecule has 0 aromatic heterocycles. The fourth-order valence-corrected chi connectivity index (χ4v) is 2.06. The molecule has 1 atom stereocenters. The van der Waals surface area contributed by atoms with E-state index < -0.39 is 5.97 Å². The van der Waals surface area contributed by atoms with E-state index in [2.05, 4.69) is 6.07 Å². The first-order chi connectivity index (χ1) is 8.16. The van der Waals surface area contributed by atoms with Gasteiger partial charge < -0.3 is 15.6 Å². The summed E-state index contributed by atoms with van der Waals surface area (Å²) in [7, 11) is 0. The zero-order valence-electron chi connectivity index (χ0n) is 9.69. The number of hydrogen-bond donors (Lipinski definition) is 2. The van der Waals surface area contributed by atoms with E-state index in [1.807, 2.05) is 12.1 Å². The lowest BCUT2D eigenvalue weighted by molar-refractivity contribution is -0.137. The lowest BCUT2D eigenvalue weighted by Crippen LogP contribution is -2.15. The predicted molar refractivity (Wildman–Crippen MR) is 63.6 cm³/mol. The average molecular weight is 235 g/mol. The van der Waals surface area contributed by atoms with Crippen molar-refractivity contribution in [2.24, 2.45) is 5.73 Å². The van der Waals surface area contributed by atoms with Crippen molar-refractivity contribution in [2.45, 2.75) is 31.9 Å². The highest BCUT2D eigenvalue weighted by molar-refractivity contribution is 5.66. The molecule has 3 N–H and O–H groups in total. The molecule has 1 heterocycles. The summed E-state index contributed by atoms with van der Waals surface area (Å²) in [5, 5.41) is 8.63. The molecule has 4 heteroatoms. The molecule has 0 radical (unpaired) electrons. The number of hydrogen-bond acceptors (Lipinski definition) is 3. The number of carboxylic acids is 1. The number of aliphatic carboxylic acids is 1. The van der Waals surface area contributed by atoms with Crippen molar-refractivity contribution in [1.29, 1.82) is 0 Å². The van der Waals surface area contributed by atoms with Gasteiger partial charge in [0.1, 0.15) is 0 Å². The van der Waals surface area contributed by atoms with E-state index >= 15 is 0 Å². The second-order valence-corrected chi connectivity index (χ2v) is 4.37. The van der Waals surface area contributed by atoms with Crippen LogP contribution in [0.25, 0.3) is 0 Å². The minimum atomic E-state index is -0.799. The first-order valence-electron chi connectivity index (χ1n) is 5.83. The molecule has 0 saturated heterocycles. The molecule has 0 aliphatic carbocycles. The molecule has 2 rings (SSSR count). The number of nitrogens with two attached hydrogens (primary N) is 1. The molecule has 1 aromatic rings. The van der Waals surface area contributed by atoms with E-state index in [1.54, 1.807) is 0 Å². The highest BCUT2D eigenvalue weighted by atomic mass is 16.5. The Hall–Kier alpha value is -1.39.